The number of rotatable bonds is 1. The van der Waals surface area contributed by atoms with E-state index < -0.39 is 0 Å². The number of aromatic nitrogens is 1. The molecule has 15 heavy (non-hydrogen) atoms. The van der Waals surface area contributed by atoms with Crippen LogP contribution in [0.3, 0.4) is 0 Å². The molecule has 1 amide bonds. The van der Waals surface area contributed by atoms with Crippen molar-refractivity contribution >= 4 is 23.2 Å². The second kappa shape index (κ2) is 3.79. The molecule has 1 saturated heterocycles. The van der Waals surface area contributed by atoms with E-state index in [1.54, 1.807) is 11.1 Å². The monoisotopic (exact) mass is 225 g/mol. The number of nitrogens with two attached hydrogens (primary N) is 1. The fourth-order valence-corrected chi connectivity index (χ4v) is 1.78. The molecule has 1 aliphatic rings. The van der Waals surface area contributed by atoms with Crippen molar-refractivity contribution in [3.63, 3.8) is 0 Å². The van der Waals surface area contributed by atoms with Gasteiger partial charge in [0, 0.05) is 19.0 Å². The van der Waals surface area contributed by atoms with Crippen LogP contribution in [0.25, 0.3) is 0 Å². The molecule has 1 aliphatic heterocycles. The molecule has 1 atom stereocenters. The Morgan fingerprint density at radius 2 is 2.40 bits per heavy atom. The Morgan fingerprint density at radius 1 is 1.67 bits per heavy atom. The standard InChI is InChI=1S/C10H12ClN3O/c1-6-2-8(4-13-10(6)11)14-5-7(12)3-9(14)15/h2,4,7H,3,5,12H2,1H3. The van der Waals surface area contributed by atoms with Crippen molar-refractivity contribution in [2.75, 3.05) is 11.4 Å². The molecule has 1 aromatic rings. The summed E-state index contributed by atoms with van der Waals surface area (Å²) in [7, 11) is 0. The van der Waals surface area contributed by atoms with Crippen LogP contribution in [0.2, 0.25) is 5.15 Å². The zero-order valence-electron chi connectivity index (χ0n) is 8.40. The maximum absolute atomic E-state index is 11.6. The maximum atomic E-state index is 11.6. The number of aryl methyl sites for hydroxylation is 1. The van der Waals surface area contributed by atoms with Crippen molar-refractivity contribution in [2.45, 2.75) is 19.4 Å². The quantitative estimate of drug-likeness (QED) is 0.729. The second-order valence-corrected chi connectivity index (χ2v) is 4.13. The molecule has 0 bridgehead atoms. The predicted octanol–water partition coefficient (Wildman–Crippen LogP) is 1.11. The largest absolute Gasteiger partial charge is 0.326 e. The molecular formula is C10H12ClN3O. The topological polar surface area (TPSA) is 59.2 Å². The van der Waals surface area contributed by atoms with E-state index in [1.165, 1.54) is 0 Å². The number of anilines is 1. The van der Waals surface area contributed by atoms with E-state index >= 15 is 0 Å². The van der Waals surface area contributed by atoms with Crippen molar-refractivity contribution in [1.29, 1.82) is 0 Å². The smallest absolute Gasteiger partial charge is 0.228 e. The Bertz CT molecular complexity index is 408. The van der Waals surface area contributed by atoms with Crippen LogP contribution >= 0.6 is 11.6 Å². The van der Waals surface area contributed by atoms with Crippen LogP contribution in [-0.4, -0.2) is 23.5 Å². The first-order valence-electron chi connectivity index (χ1n) is 4.76. The fourth-order valence-electron chi connectivity index (χ4n) is 1.68. The Morgan fingerprint density at radius 3 is 2.93 bits per heavy atom. The van der Waals surface area contributed by atoms with Crippen LogP contribution in [0.4, 0.5) is 5.69 Å². The number of carbonyl (C=O) groups excluding carboxylic acids is 1. The highest BCUT2D eigenvalue weighted by Gasteiger charge is 2.28. The normalized spacial score (nSPS) is 21.1. The molecule has 2 N–H and O–H groups in total. The second-order valence-electron chi connectivity index (χ2n) is 3.77. The van der Waals surface area contributed by atoms with Crippen molar-refractivity contribution in [3.8, 4) is 0 Å². The van der Waals surface area contributed by atoms with Crippen LogP contribution < -0.4 is 10.6 Å². The highest BCUT2D eigenvalue weighted by molar-refractivity contribution is 6.30. The van der Waals surface area contributed by atoms with Crippen molar-refractivity contribution in [3.05, 3.63) is 23.0 Å². The summed E-state index contributed by atoms with van der Waals surface area (Å²) in [6.45, 7) is 2.42. The van der Waals surface area contributed by atoms with E-state index in [9.17, 15) is 4.79 Å². The van der Waals surface area contributed by atoms with Gasteiger partial charge in [-0.15, -0.1) is 0 Å². The number of nitrogens with zero attached hydrogens (tertiary/aromatic N) is 2. The van der Waals surface area contributed by atoms with Gasteiger partial charge in [-0.2, -0.15) is 0 Å². The van der Waals surface area contributed by atoms with Gasteiger partial charge in [-0.25, -0.2) is 4.98 Å². The minimum Gasteiger partial charge on any atom is -0.326 e. The molecule has 2 rings (SSSR count). The van der Waals surface area contributed by atoms with Gasteiger partial charge >= 0.3 is 0 Å². The molecule has 0 spiro atoms. The van der Waals surface area contributed by atoms with Crippen molar-refractivity contribution in [2.24, 2.45) is 5.73 Å². The SMILES string of the molecule is Cc1cc(N2CC(N)CC2=O)cnc1Cl. The number of hydrogen-bond donors (Lipinski definition) is 1. The molecule has 0 radical (unpaired) electrons. The zero-order valence-corrected chi connectivity index (χ0v) is 9.16. The maximum Gasteiger partial charge on any atom is 0.228 e. The first kappa shape index (κ1) is 10.4. The van der Waals surface area contributed by atoms with Gasteiger partial charge < -0.3 is 10.6 Å². The van der Waals surface area contributed by atoms with Gasteiger partial charge in [0.2, 0.25) is 5.91 Å². The van der Waals surface area contributed by atoms with Gasteiger partial charge in [-0.1, -0.05) is 11.6 Å². The molecule has 0 aromatic carbocycles. The molecule has 1 fully saturated rings. The number of pyridine rings is 1. The summed E-state index contributed by atoms with van der Waals surface area (Å²) in [5, 5.41) is 0.467. The summed E-state index contributed by atoms with van der Waals surface area (Å²) in [6, 6.07) is 1.78. The van der Waals surface area contributed by atoms with Crippen LogP contribution in [0, 0.1) is 6.92 Å². The Kier molecular flexibility index (Phi) is 2.63. The third-order valence-corrected chi connectivity index (χ3v) is 2.86. The van der Waals surface area contributed by atoms with E-state index in [0.717, 1.165) is 11.3 Å². The van der Waals surface area contributed by atoms with E-state index in [4.69, 9.17) is 17.3 Å². The fraction of sp³-hybridized carbons (Fsp3) is 0.400. The molecule has 0 aliphatic carbocycles. The van der Waals surface area contributed by atoms with E-state index in [0.29, 0.717) is 18.1 Å². The summed E-state index contributed by atoms with van der Waals surface area (Å²) in [5.41, 5.74) is 7.35. The molecule has 80 valence electrons. The van der Waals surface area contributed by atoms with Gasteiger partial charge in [0.25, 0.3) is 0 Å². The van der Waals surface area contributed by atoms with Gasteiger partial charge in [0.1, 0.15) is 5.15 Å². The Balaban J connectivity index is 2.30. The van der Waals surface area contributed by atoms with Crippen LogP contribution in [-0.2, 0) is 4.79 Å². The van der Waals surface area contributed by atoms with Gasteiger partial charge in [-0.3, -0.25) is 4.79 Å². The molecule has 1 aromatic heterocycles. The summed E-state index contributed by atoms with van der Waals surface area (Å²) >= 11 is 5.81. The molecule has 1 unspecified atom stereocenters. The van der Waals surface area contributed by atoms with Crippen LogP contribution in [0.5, 0.6) is 0 Å². The van der Waals surface area contributed by atoms with Gasteiger partial charge in [0.15, 0.2) is 0 Å². The number of amides is 1. The number of halogens is 1. The first-order valence-corrected chi connectivity index (χ1v) is 5.14. The third kappa shape index (κ3) is 1.96. The number of carbonyl (C=O) groups is 1. The van der Waals surface area contributed by atoms with E-state index in [2.05, 4.69) is 4.98 Å². The summed E-state index contributed by atoms with van der Waals surface area (Å²) in [5.74, 6) is 0.0472. The lowest BCUT2D eigenvalue weighted by Gasteiger charge is -2.16. The molecule has 4 nitrogen and oxygen atoms in total. The lowest BCUT2D eigenvalue weighted by molar-refractivity contribution is -0.117. The average Bonchev–Trinajstić information content (AvgIpc) is 2.50. The minimum absolute atomic E-state index is 0.0472. The van der Waals surface area contributed by atoms with Gasteiger partial charge in [-0.05, 0) is 18.6 Å². The summed E-state index contributed by atoms with van der Waals surface area (Å²) in [6.07, 6.45) is 2.01. The third-order valence-electron chi connectivity index (χ3n) is 2.47. The van der Waals surface area contributed by atoms with E-state index in [1.807, 2.05) is 13.0 Å². The zero-order chi connectivity index (χ0) is 11.0. The highest BCUT2D eigenvalue weighted by Crippen LogP contribution is 2.23. The van der Waals surface area contributed by atoms with Crippen molar-refractivity contribution < 1.29 is 4.79 Å². The lowest BCUT2D eigenvalue weighted by Crippen LogP contribution is -2.28. The van der Waals surface area contributed by atoms with Crippen molar-refractivity contribution in [1.82, 2.24) is 4.98 Å². The van der Waals surface area contributed by atoms with Gasteiger partial charge in [0.05, 0.1) is 11.9 Å². The lowest BCUT2D eigenvalue weighted by atomic mass is 10.3. The molecule has 0 saturated carbocycles. The van der Waals surface area contributed by atoms with Crippen LogP contribution in [0.1, 0.15) is 12.0 Å². The summed E-state index contributed by atoms with van der Waals surface area (Å²) < 4.78 is 0. The highest BCUT2D eigenvalue weighted by atomic mass is 35.5. The Labute approximate surface area is 93.0 Å². The molecule has 5 heteroatoms. The number of hydrogen-bond acceptors (Lipinski definition) is 3. The average molecular weight is 226 g/mol. The first-order chi connectivity index (χ1) is 7.08. The minimum atomic E-state index is -0.0755. The Hall–Kier alpha value is -1.13. The van der Waals surface area contributed by atoms with Crippen LogP contribution in [0.15, 0.2) is 12.3 Å². The van der Waals surface area contributed by atoms with E-state index in [-0.39, 0.29) is 11.9 Å². The molecule has 2 heterocycles. The molecular weight excluding hydrogens is 214 g/mol. The summed E-state index contributed by atoms with van der Waals surface area (Å²) in [4.78, 5) is 17.2. The predicted molar refractivity (Wildman–Crippen MR) is 58.9 cm³/mol.